The molecular formula is C16H20N4O3S. The number of hydrogen-bond donors (Lipinski definition) is 1. The highest BCUT2D eigenvalue weighted by atomic mass is 32.2. The number of carbonyl (C=O) groups excluding carboxylic acids is 1. The smallest absolute Gasteiger partial charge is 0.274 e. The van der Waals surface area contributed by atoms with Crippen LogP contribution in [-0.2, 0) is 10.0 Å². The molecule has 1 N–H and O–H groups in total. The number of benzene rings is 1. The van der Waals surface area contributed by atoms with E-state index in [0.717, 1.165) is 24.6 Å². The van der Waals surface area contributed by atoms with E-state index < -0.39 is 10.0 Å². The molecule has 1 aromatic carbocycles. The van der Waals surface area contributed by atoms with Gasteiger partial charge in [-0.05, 0) is 30.9 Å². The zero-order valence-electron chi connectivity index (χ0n) is 13.5. The van der Waals surface area contributed by atoms with Gasteiger partial charge in [0.1, 0.15) is 5.69 Å². The van der Waals surface area contributed by atoms with E-state index in [1.807, 2.05) is 24.3 Å². The third-order valence-corrected chi connectivity index (χ3v) is 4.80. The van der Waals surface area contributed by atoms with Gasteiger partial charge in [0, 0.05) is 19.6 Å². The summed E-state index contributed by atoms with van der Waals surface area (Å²) in [5.41, 5.74) is 1.77. The maximum atomic E-state index is 12.7. The summed E-state index contributed by atoms with van der Waals surface area (Å²) in [5, 5.41) is 0. The number of rotatable bonds is 4. The van der Waals surface area contributed by atoms with Crippen LogP contribution in [-0.4, -0.2) is 55.1 Å². The molecule has 1 atom stereocenters. The summed E-state index contributed by atoms with van der Waals surface area (Å²) < 4.78 is 25.0. The highest BCUT2D eigenvalue weighted by molar-refractivity contribution is 7.88. The fourth-order valence-corrected chi connectivity index (χ4v) is 3.45. The number of para-hydroxylation sites is 2. The average Bonchev–Trinajstić information content (AvgIpc) is 2.58. The monoisotopic (exact) mass is 348 g/mol. The van der Waals surface area contributed by atoms with Crippen LogP contribution in [0.25, 0.3) is 11.0 Å². The molecule has 128 valence electrons. The summed E-state index contributed by atoms with van der Waals surface area (Å²) in [6.07, 6.45) is 4.39. The Labute approximate surface area is 141 Å². The molecule has 8 heteroatoms. The minimum Gasteiger partial charge on any atom is -0.337 e. The lowest BCUT2D eigenvalue weighted by atomic mass is 9.98. The highest BCUT2D eigenvalue weighted by Gasteiger charge is 2.26. The van der Waals surface area contributed by atoms with E-state index in [4.69, 9.17) is 0 Å². The van der Waals surface area contributed by atoms with Crippen molar-refractivity contribution in [3.8, 4) is 0 Å². The van der Waals surface area contributed by atoms with Gasteiger partial charge in [-0.1, -0.05) is 12.1 Å². The molecule has 24 heavy (non-hydrogen) atoms. The highest BCUT2D eigenvalue weighted by Crippen LogP contribution is 2.18. The third kappa shape index (κ3) is 4.07. The molecule has 0 aliphatic carbocycles. The first-order valence-corrected chi connectivity index (χ1v) is 9.77. The van der Waals surface area contributed by atoms with Crippen LogP contribution >= 0.6 is 0 Å². The van der Waals surface area contributed by atoms with Crippen molar-refractivity contribution >= 4 is 27.0 Å². The fraction of sp³-hybridized carbons (Fsp3) is 0.438. The third-order valence-electron chi connectivity index (χ3n) is 4.11. The van der Waals surface area contributed by atoms with Crippen LogP contribution in [0.4, 0.5) is 0 Å². The largest absolute Gasteiger partial charge is 0.337 e. The van der Waals surface area contributed by atoms with Crippen molar-refractivity contribution in [2.24, 2.45) is 5.92 Å². The van der Waals surface area contributed by atoms with Crippen LogP contribution in [0.3, 0.4) is 0 Å². The molecular weight excluding hydrogens is 328 g/mol. The van der Waals surface area contributed by atoms with Crippen LogP contribution in [0.5, 0.6) is 0 Å². The van der Waals surface area contributed by atoms with Crippen molar-refractivity contribution < 1.29 is 13.2 Å². The fourth-order valence-electron chi connectivity index (χ4n) is 2.91. The zero-order chi connectivity index (χ0) is 17.2. The molecule has 7 nitrogen and oxygen atoms in total. The quantitative estimate of drug-likeness (QED) is 0.891. The minimum atomic E-state index is -3.21. The second-order valence-corrected chi connectivity index (χ2v) is 7.96. The SMILES string of the molecule is CS(=O)(=O)NCC1CCCN(C(=O)c2cnc3ccccc3n2)C1. The van der Waals surface area contributed by atoms with Crippen LogP contribution in [0.2, 0.25) is 0 Å². The zero-order valence-corrected chi connectivity index (χ0v) is 14.3. The molecule has 1 aliphatic heterocycles. The van der Waals surface area contributed by atoms with Gasteiger partial charge in [-0.3, -0.25) is 9.78 Å². The topological polar surface area (TPSA) is 92.3 Å². The summed E-state index contributed by atoms with van der Waals surface area (Å²) >= 11 is 0. The molecule has 0 bridgehead atoms. The minimum absolute atomic E-state index is 0.117. The molecule has 1 unspecified atom stereocenters. The summed E-state index contributed by atoms with van der Waals surface area (Å²) in [6.45, 7) is 1.53. The van der Waals surface area contributed by atoms with Gasteiger partial charge in [0.15, 0.2) is 0 Å². The Kier molecular flexibility index (Phi) is 4.77. The molecule has 0 saturated carbocycles. The van der Waals surface area contributed by atoms with Gasteiger partial charge in [0.2, 0.25) is 10.0 Å². The second-order valence-electron chi connectivity index (χ2n) is 6.12. The van der Waals surface area contributed by atoms with Crippen LogP contribution in [0.15, 0.2) is 30.5 Å². The molecule has 0 spiro atoms. The Hall–Kier alpha value is -2.06. The summed E-state index contributed by atoms with van der Waals surface area (Å²) in [7, 11) is -3.21. The number of piperidine rings is 1. The van der Waals surface area contributed by atoms with Gasteiger partial charge in [0.25, 0.3) is 5.91 Å². The average molecular weight is 348 g/mol. The first kappa shape index (κ1) is 16.8. The van der Waals surface area contributed by atoms with Crippen LogP contribution < -0.4 is 4.72 Å². The number of likely N-dealkylation sites (tertiary alicyclic amines) is 1. The normalized spacial score (nSPS) is 18.7. The Morgan fingerprint density at radius 2 is 2.08 bits per heavy atom. The van der Waals surface area contributed by atoms with Crippen molar-refractivity contribution in [2.45, 2.75) is 12.8 Å². The number of amides is 1. The molecule has 1 aliphatic rings. The predicted octanol–water partition coefficient (Wildman–Crippen LogP) is 1.03. The molecule has 1 fully saturated rings. The Balaban J connectivity index is 1.71. The number of nitrogens with one attached hydrogen (secondary N) is 1. The predicted molar refractivity (Wildman–Crippen MR) is 91.0 cm³/mol. The Bertz CT molecular complexity index is 853. The number of sulfonamides is 1. The second kappa shape index (κ2) is 6.82. The van der Waals surface area contributed by atoms with Crippen molar-refractivity contribution in [2.75, 3.05) is 25.9 Å². The van der Waals surface area contributed by atoms with Crippen molar-refractivity contribution in [3.05, 3.63) is 36.2 Å². The van der Waals surface area contributed by atoms with E-state index in [2.05, 4.69) is 14.7 Å². The first-order chi connectivity index (χ1) is 11.4. The van der Waals surface area contributed by atoms with Gasteiger partial charge in [-0.15, -0.1) is 0 Å². The van der Waals surface area contributed by atoms with E-state index in [1.54, 1.807) is 4.90 Å². The van der Waals surface area contributed by atoms with E-state index in [9.17, 15) is 13.2 Å². The van der Waals surface area contributed by atoms with Gasteiger partial charge >= 0.3 is 0 Å². The maximum absolute atomic E-state index is 12.7. The number of fused-ring (bicyclic) bond motifs is 1. The van der Waals surface area contributed by atoms with Gasteiger partial charge in [0.05, 0.1) is 23.5 Å². The molecule has 2 aromatic rings. The van der Waals surface area contributed by atoms with Gasteiger partial charge < -0.3 is 4.90 Å². The lowest BCUT2D eigenvalue weighted by Crippen LogP contribution is -2.43. The molecule has 1 amide bonds. The van der Waals surface area contributed by atoms with Gasteiger partial charge in [-0.25, -0.2) is 18.1 Å². The number of aromatic nitrogens is 2. The summed E-state index contributed by atoms with van der Waals surface area (Å²) in [4.78, 5) is 23.1. The van der Waals surface area contributed by atoms with E-state index in [0.29, 0.717) is 30.8 Å². The summed E-state index contributed by atoms with van der Waals surface area (Å²) in [5.74, 6) is -0.0388. The van der Waals surface area contributed by atoms with Crippen LogP contribution in [0, 0.1) is 5.92 Å². The molecule has 1 aromatic heterocycles. The van der Waals surface area contributed by atoms with E-state index in [-0.39, 0.29) is 11.8 Å². The van der Waals surface area contributed by atoms with E-state index in [1.165, 1.54) is 6.20 Å². The molecule has 1 saturated heterocycles. The van der Waals surface area contributed by atoms with Crippen molar-refractivity contribution in [1.29, 1.82) is 0 Å². The number of nitrogens with zero attached hydrogens (tertiary/aromatic N) is 3. The Morgan fingerprint density at radius 1 is 1.33 bits per heavy atom. The summed E-state index contributed by atoms with van der Waals surface area (Å²) in [6, 6.07) is 7.42. The van der Waals surface area contributed by atoms with Crippen molar-refractivity contribution in [3.63, 3.8) is 0 Å². The molecule has 3 rings (SSSR count). The Morgan fingerprint density at radius 3 is 2.83 bits per heavy atom. The van der Waals surface area contributed by atoms with Crippen LogP contribution in [0.1, 0.15) is 23.3 Å². The maximum Gasteiger partial charge on any atom is 0.274 e. The lowest BCUT2D eigenvalue weighted by Gasteiger charge is -2.32. The van der Waals surface area contributed by atoms with Gasteiger partial charge in [-0.2, -0.15) is 0 Å². The van der Waals surface area contributed by atoms with E-state index >= 15 is 0 Å². The molecule has 0 radical (unpaired) electrons. The number of hydrogen-bond acceptors (Lipinski definition) is 5. The van der Waals surface area contributed by atoms with Crippen molar-refractivity contribution in [1.82, 2.24) is 19.6 Å². The first-order valence-electron chi connectivity index (χ1n) is 7.88. The standard InChI is InChI=1S/C16H20N4O3S/c1-24(22,23)18-9-12-5-4-8-20(11-12)16(21)15-10-17-13-6-2-3-7-14(13)19-15/h2-3,6-7,10,12,18H,4-5,8-9,11H2,1H3. The molecule has 2 heterocycles. The lowest BCUT2D eigenvalue weighted by molar-refractivity contribution is 0.0670. The number of carbonyl (C=O) groups is 1.